The number of aliphatic hydroxyl groups excluding tert-OH is 1. The summed E-state index contributed by atoms with van der Waals surface area (Å²) >= 11 is 0. The van der Waals surface area contributed by atoms with Crippen molar-refractivity contribution in [3.8, 4) is 17.2 Å². The van der Waals surface area contributed by atoms with E-state index in [0.717, 1.165) is 18.2 Å². The molecule has 0 saturated heterocycles. The molecule has 272 valence electrons. The van der Waals surface area contributed by atoms with E-state index in [-0.39, 0.29) is 152 Å². The average molecular weight is 797 g/mol. The molecule has 6 rings (SSSR count). The van der Waals surface area contributed by atoms with Crippen LogP contribution in [0.2, 0.25) is 0 Å². The largest absolute Gasteiger partial charge is 1.00 e. The maximum Gasteiger partial charge on any atom is 1.00 e. The second-order valence-electron chi connectivity index (χ2n) is 11.2. The quantitative estimate of drug-likeness (QED) is 0.0946. The summed E-state index contributed by atoms with van der Waals surface area (Å²) in [4.78, 5) is 71.9. The number of ether oxygens (including phenoxy) is 4. The summed E-state index contributed by atoms with van der Waals surface area (Å²) in [5.41, 5.74) is -2.50. The number of benzene rings is 3. The number of carboxylic acid groups (broad SMARTS) is 3. The Bertz CT molecular complexity index is 2460. The molecular weight excluding hydrogens is 773 g/mol. The number of aliphatic hydroxyl groups is 1. The Balaban J connectivity index is 0.00000280. The van der Waals surface area contributed by atoms with E-state index in [2.05, 4.69) is 0 Å². The van der Waals surface area contributed by atoms with Crippen LogP contribution in [0.1, 0.15) is 31.7 Å². The van der Waals surface area contributed by atoms with Crippen molar-refractivity contribution in [2.45, 2.75) is 12.2 Å². The Morgan fingerprint density at radius 2 is 0.857 bits per heavy atom. The van der Waals surface area contributed by atoms with Gasteiger partial charge in [-0.1, -0.05) is 18.2 Å². The van der Waals surface area contributed by atoms with E-state index < -0.39 is 76.9 Å². The fourth-order valence-corrected chi connectivity index (χ4v) is 5.19. The summed E-state index contributed by atoms with van der Waals surface area (Å²) < 4.78 is 38.9. The Morgan fingerprint density at radius 3 is 1.18 bits per heavy atom. The standard InChI is InChI=1S/C36H26O17.3Na/c37-17(14-48-22-4-1-7-25-31(22)19(38)10-28(51-25)34(41)42)13-47-18(15-49-23-5-2-8-26-32(23)20(39)11-29(52-26)35(43)44)16-50-24-6-3-9-27-33(24)21(40)12-30(53-27)36(45)46;;;/h1-12,17-18,37H,13-16H2,(H,41,42)(H,43,44)(H,45,46);;;/q;3*+1/p-3. The third-order valence-electron chi connectivity index (χ3n) is 7.56. The first-order valence-electron chi connectivity index (χ1n) is 15.4. The van der Waals surface area contributed by atoms with E-state index in [4.69, 9.17) is 32.2 Å². The minimum Gasteiger partial charge on any atom is -0.542 e. The normalized spacial score (nSPS) is 11.2. The minimum atomic E-state index is -1.70. The molecule has 56 heavy (non-hydrogen) atoms. The number of carbonyl (C=O) groups is 3. The molecule has 0 aliphatic carbocycles. The van der Waals surface area contributed by atoms with Gasteiger partial charge in [0.05, 0.1) is 6.61 Å². The van der Waals surface area contributed by atoms with Gasteiger partial charge in [-0.05, 0) is 36.4 Å². The fraction of sp³-hybridized carbons (Fsp3) is 0.167. The van der Waals surface area contributed by atoms with Crippen LogP contribution in [0.3, 0.4) is 0 Å². The first-order chi connectivity index (χ1) is 25.4. The maximum atomic E-state index is 12.8. The third kappa shape index (κ3) is 10.7. The number of aromatic carboxylic acids is 3. The van der Waals surface area contributed by atoms with E-state index in [1.165, 1.54) is 54.6 Å². The molecule has 1 N–H and O–H groups in total. The van der Waals surface area contributed by atoms with Crippen molar-refractivity contribution in [2.75, 3.05) is 26.4 Å². The number of carbonyl (C=O) groups excluding carboxylic acids is 3. The van der Waals surface area contributed by atoms with Crippen molar-refractivity contribution in [2.24, 2.45) is 0 Å². The molecule has 3 aromatic carbocycles. The van der Waals surface area contributed by atoms with Crippen molar-refractivity contribution in [1.82, 2.24) is 0 Å². The molecule has 0 aliphatic heterocycles. The fourth-order valence-electron chi connectivity index (χ4n) is 5.19. The summed E-state index contributed by atoms with van der Waals surface area (Å²) in [5, 5.41) is 44.2. The zero-order valence-electron chi connectivity index (χ0n) is 29.9. The zero-order valence-corrected chi connectivity index (χ0v) is 35.9. The Morgan fingerprint density at radius 1 is 0.536 bits per heavy atom. The molecule has 1 atom stereocenters. The van der Waals surface area contributed by atoms with Crippen molar-refractivity contribution in [3.05, 3.63) is 121 Å². The summed E-state index contributed by atoms with van der Waals surface area (Å²) in [7, 11) is 0. The van der Waals surface area contributed by atoms with Gasteiger partial charge >= 0.3 is 88.7 Å². The van der Waals surface area contributed by atoms with Gasteiger partial charge < -0.3 is 67.0 Å². The molecule has 0 radical (unpaired) electrons. The number of carboxylic acids is 3. The van der Waals surface area contributed by atoms with Crippen molar-refractivity contribution in [1.29, 1.82) is 0 Å². The van der Waals surface area contributed by atoms with E-state index in [1.54, 1.807) is 0 Å². The van der Waals surface area contributed by atoms with Gasteiger partial charge in [0.25, 0.3) is 0 Å². The van der Waals surface area contributed by atoms with Gasteiger partial charge in [0.15, 0.2) is 33.6 Å². The minimum absolute atomic E-state index is 0. The van der Waals surface area contributed by atoms with Gasteiger partial charge in [-0.3, -0.25) is 14.4 Å². The molecule has 3 heterocycles. The Hall–Kier alpha value is -3.98. The summed E-state index contributed by atoms with van der Waals surface area (Å²) in [5.74, 6) is -7.20. The van der Waals surface area contributed by atoms with E-state index in [1.807, 2.05) is 0 Å². The molecule has 3 aromatic heterocycles. The second-order valence-corrected chi connectivity index (χ2v) is 11.2. The van der Waals surface area contributed by atoms with E-state index in [9.17, 15) is 49.2 Å². The molecule has 17 nitrogen and oxygen atoms in total. The summed E-state index contributed by atoms with van der Waals surface area (Å²) in [6.07, 6.45) is -2.41. The number of hydrogen-bond acceptors (Lipinski definition) is 17. The predicted molar refractivity (Wildman–Crippen MR) is 173 cm³/mol. The van der Waals surface area contributed by atoms with Crippen molar-refractivity contribution in [3.63, 3.8) is 0 Å². The van der Waals surface area contributed by atoms with Crippen LogP contribution in [-0.4, -0.2) is 61.6 Å². The van der Waals surface area contributed by atoms with Gasteiger partial charge in [-0.15, -0.1) is 0 Å². The zero-order chi connectivity index (χ0) is 37.8. The summed E-state index contributed by atoms with van der Waals surface area (Å²) in [6, 6.07) is 14.8. The van der Waals surface area contributed by atoms with Crippen LogP contribution in [-0.2, 0) is 4.74 Å². The summed E-state index contributed by atoms with van der Waals surface area (Å²) in [6.45, 7) is -1.56. The van der Waals surface area contributed by atoms with Gasteiger partial charge in [0, 0.05) is 18.2 Å². The first kappa shape index (κ1) is 46.4. The average Bonchev–Trinajstić information content (AvgIpc) is 3.12. The molecule has 0 aliphatic rings. The van der Waals surface area contributed by atoms with Crippen LogP contribution in [0.15, 0.2) is 100 Å². The maximum absolute atomic E-state index is 12.8. The van der Waals surface area contributed by atoms with E-state index in [0.29, 0.717) is 0 Å². The molecule has 1 unspecified atom stereocenters. The van der Waals surface area contributed by atoms with Crippen LogP contribution in [0, 0.1) is 0 Å². The van der Waals surface area contributed by atoms with Crippen LogP contribution in [0.5, 0.6) is 17.2 Å². The SMILES string of the molecule is O=C([O-])c1cc(=O)c2c(OCC(O)COC(COc3cccc4oc(C(=O)[O-])cc(=O)c34)COc3cccc4oc(C(=O)[O-])cc(=O)c34)cccc2o1.[Na+].[Na+].[Na+]. The molecule has 0 bridgehead atoms. The Kier molecular flexibility index (Phi) is 16.9. The van der Waals surface area contributed by atoms with Gasteiger partial charge in [-0.2, -0.15) is 0 Å². The first-order valence-corrected chi connectivity index (χ1v) is 15.4. The predicted octanol–water partition coefficient (Wildman–Crippen LogP) is -9.61. The third-order valence-corrected chi connectivity index (χ3v) is 7.56. The molecule has 0 saturated carbocycles. The van der Waals surface area contributed by atoms with Gasteiger partial charge in [-0.25, -0.2) is 0 Å². The molecule has 0 fully saturated rings. The van der Waals surface area contributed by atoms with Crippen LogP contribution >= 0.6 is 0 Å². The molecule has 0 amide bonds. The van der Waals surface area contributed by atoms with Crippen LogP contribution in [0.25, 0.3) is 32.9 Å². The molecule has 20 heteroatoms. The number of hydrogen-bond donors (Lipinski definition) is 1. The monoisotopic (exact) mass is 796 g/mol. The van der Waals surface area contributed by atoms with Crippen LogP contribution < -0.4 is 134 Å². The molecular formula is C36H23Na3O17. The van der Waals surface area contributed by atoms with Gasteiger partial charge in [0.1, 0.15) is 100 Å². The van der Waals surface area contributed by atoms with Crippen molar-refractivity contribution < 1.29 is 156 Å². The molecule has 0 spiro atoms. The topological polar surface area (TPSA) is 268 Å². The van der Waals surface area contributed by atoms with E-state index >= 15 is 0 Å². The van der Waals surface area contributed by atoms with Crippen molar-refractivity contribution >= 4 is 50.8 Å². The van der Waals surface area contributed by atoms with Gasteiger partial charge in [0.2, 0.25) is 0 Å². The number of fused-ring (bicyclic) bond motifs is 3. The second kappa shape index (κ2) is 20.4. The smallest absolute Gasteiger partial charge is 0.542 e. The van der Waals surface area contributed by atoms with Crippen LogP contribution in [0.4, 0.5) is 0 Å². The molecule has 6 aromatic rings. The number of rotatable bonds is 15. The Labute approximate surface area is 379 Å².